The highest BCUT2D eigenvalue weighted by molar-refractivity contribution is 7.20. The third kappa shape index (κ3) is 4.80. The van der Waals surface area contributed by atoms with Crippen molar-refractivity contribution in [1.29, 1.82) is 10.5 Å². The molecule has 5 heteroatoms. The van der Waals surface area contributed by atoms with E-state index >= 15 is 0 Å². The van der Waals surface area contributed by atoms with Gasteiger partial charge in [0, 0.05) is 16.5 Å². The van der Waals surface area contributed by atoms with Crippen molar-refractivity contribution in [2.45, 2.75) is 0 Å². The van der Waals surface area contributed by atoms with Crippen LogP contribution in [-0.2, 0) is 0 Å². The molecule has 8 aromatic rings. The van der Waals surface area contributed by atoms with E-state index < -0.39 is 8.07 Å². The predicted octanol–water partition coefficient (Wildman–Crippen LogP) is 8.12. The van der Waals surface area contributed by atoms with Gasteiger partial charge in [-0.25, -0.2) is 4.85 Å². The summed E-state index contributed by atoms with van der Waals surface area (Å²) in [5, 5.41) is 27.1. The van der Waals surface area contributed by atoms with Crippen LogP contribution in [0.2, 0.25) is 0 Å². The third-order valence-corrected chi connectivity index (χ3v) is 14.4. The Morgan fingerprint density at radius 3 is 1.66 bits per heavy atom. The van der Waals surface area contributed by atoms with Gasteiger partial charge in [-0.2, -0.15) is 10.5 Å². The lowest BCUT2D eigenvalue weighted by atomic mass is 9.99. The van der Waals surface area contributed by atoms with Gasteiger partial charge in [-0.05, 0) is 74.3 Å². The third-order valence-electron chi connectivity index (χ3n) is 9.63. The number of benzene rings is 7. The van der Waals surface area contributed by atoms with Gasteiger partial charge in [-0.15, -0.1) is 0 Å². The molecule has 0 unspecified atom stereocenters. The molecule has 0 amide bonds. The molecule has 0 saturated carbocycles. The van der Waals surface area contributed by atoms with Crippen LogP contribution in [0, 0.1) is 29.2 Å². The van der Waals surface area contributed by atoms with Crippen LogP contribution in [0.4, 0.5) is 5.69 Å². The summed E-state index contributed by atoms with van der Waals surface area (Å²) in [5.41, 5.74) is 6.32. The highest BCUT2D eigenvalue weighted by Gasteiger charge is 2.43. The Kier molecular flexibility index (Phi) is 7.63. The fraction of sp³-hybridized carbons (Fsp3) is 0. The van der Waals surface area contributed by atoms with Gasteiger partial charge in [-0.1, -0.05) is 127 Å². The number of para-hydroxylation sites is 1. The first-order valence-corrected chi connectivity index (χ1v) is 18.3. The molecule has 0 bridgehead atoms. The highest BCUT2D eigenvalue weighted by atomic mass is 28.3. The van der Waals surface area contributed by atoms with Crippen LogP contribution in [0.5, 0.6) is 0 Å². The van der Waals surface area contributed by atoms with Gasteiger partial charge in [-0.3, -0.25) is 0 Å². The van der Waals surface area contributed by atoms with Gasteiger partial charge in [0.1, 0.15) is 0 Å². The molecule has 0 aliphatic rings. The number of aromatic nitrogens is 1. The van der Waals surface area contributed by atoms with Crippen molar-refractivity contribution in [3.05, 3.63) is 192 Å². The van der Waals surface area contributed by atoms with Crippen molar-refractivity contribution in [1.82, 2.24) is 4.57 Å². The molecule has 4 nitrogen and oxygen atoms in total. The maximum absolute atomic E-state index is 11.1. The standard InChI is InChI=1S/C45H28N4Si/c1-48-34-28-40(33-22-24-35(25-23-33)49-43-20-12-11-19-39(43)41-27-32(30-46)21-26-44(41)49)42(31-47)45(29-34)50(36-13-5-2-6-14-36,37-15-7-3-8-16-37)38-17-9-4-10-18-38/h2-29H. The zero-order valence-corrected chi connectivity index (χ0v) is 28.0. The van der Waals surface area contributed by atoms with E-state index in [2.05, 4.69) is 119 Å². The van der Waals surface area contributed by atoms with E-state index in [9.17, 15) is 10.5 Å². The van der Waals surface area contributed by atoms with Gasteiger partial charge < -0.3 is 4.57 Å². The van der Waals surface area contributed by atoms with Crippen molar-refractivity contribution in [2.24, 2.45) is 0 Å². The molecule has 50 heavy (non-hydrogen) atoms. The number of fused-ring (bicyclic) bond motifs is 3. The molecule has 0 spiro atoms. The monoisotopic (exact) mass is 652 g/mol. The first-order chi connectivity index (χ1) is 24.7. The maximum atomic E-state index is 11.1. The van der Waals surface area contributed by atoms with Crippen LogP contribution < -0.4 is 20.7 Å². The Morgan fingerprint density at radius 1 is 0.540 bits per heavy atom. The maximum Gasteiger partial charge on any atom is 0.187 e. The van der Waals surface area contributed by atoms with Crippen LogP contribution in [0.3, 0.4) is 0 Å². The van der Waals surface area contributed by atoms with Crippen LogP contribution in [0.15, 0.2) is 170 Å². The molecule has 0 atom stereocenters. The Hall–Kier alpha value is -6.97. The van der Waals surface area contributed by atoms with E-state index in [1.165, 1.54) is 0 Å². The molecule has 0 aliphatic heterocycles. The zero-order chi connectivity index (χ0) is 34.1. The average Bonchev–Trinajstić information content (AvgIpc) is 3.53. The lowest BCUT2D eigenvalue weighted by molar-refractivity contribution is 1.18. The van der Waals surface area contributed by atoms with E-state index in [4.69, 9.17) is 6.57 Å². The van der Waals surface area contributed by atoms with Gasteiger partial charge in [0.15, 0.2) is 13.8 Å². The van der Waals surface area contributed by atoms with E-state index in [1.54, 1.807) is 0 Å². The Bertz CT molecular complexity index is 2560. The summed E-state index contributed by atoms with van der Waals surface area (Å²) in [6.45, 7) is 8.19. The van der Waals surface area contributed by atoms with E-state index in [0.717, 1.165) is 59.4 Å². The SMILES string of the molecule is [C-]#[N+]c1cc(-c2ccc(-n3c4ccccc4c4cc(C#N)ccc43)cc2)c(C#N)c([Si](c2ccccc2)(c2ccccc2)c2ccccc2)c1. The van der Waals surface area contributed by atoms with Gasteiger partial charge in [0.25, 0.3) is 0 Å². The van der Waals surface area contributed by atoms with Gasteiger partial charge in [0.2, 0.25) is 0 Å². The minimum atomic E-state index is -3.09. The van der Waals surface area contributed by atoms with E-state index in [-0.39, 0.29) is 0 Å². The number of hydrogen-bond donors (Lipinski definition) is 0. The largest absolute Gasteiger partial charge is 0.309 e. The number of nitrogens with zero attached hydrogens (tertiary/aromatic N) is 4. The zero-order valence-electron chi connectivity index (χ0n) is 27.0. The molecule has 0 aliphatic carbocycles. The van der Waals surface area contributed by atoms with Gasteiger partial charge in [0.05, 0.1) is 40.9 Å². The lowest BCUT2D eigenvalue weighted by Gasteiger charge is -2.35. The molecule has 0 N–H and O–H groups in total. The lowest BCUT2D eigenvalue weighted by Crippen LogP contribution is -2.75. The summed E-state index contributed by atoms with van der Waals surface area (Å²) in [4.78, 5) is 3.96. The molecule has 0 fully saturated rings. The molecule has 0 saturated heterocycles. The Labute approximate surface area is 291 Å². The average molecular weight is 653 g/mol. The van der Waals surface area contributed by atoms with Crippen LogP contribution in [-0.4, -0.2) is 12.6 Å². The molecule has 1 aromatic heterocycles. The predicted molar refractivity (Wildman–Crippen MR) is 206 cm³/mol. The normalized spacial score (nSPS) is 11.1. The minimum Gasteiger partial charge on any atom is -0.309 e. The van der Waals surface area contributed by atoms with E-state index in [0.29, 0.717) is 16.8 Å². The summed E-state index contributed by atoms with van der Waals surface area (Å²) in [7, 11) is -3.09. The summed E-state index contributed by atoms with van der Waals surface area (Å²) < 4.78 is 2.21. The second-order valence-electron chi connectivity index (χ2n) is 12.2. The fourth-order valence-corrected chi connectivity index (χ4v) is 12.4. The van der Waals surface area contributed by atoms with Crippen molar-refractivity contribution in [3.63, 3.8) is 0 Å². The van der Waals surface area contributed by atoms with Crippen LogP contribution in [0.25, 0.3) is 43.5 Å². The van der Waals surface area contributed by atoms with Crippen LogP contribution >= 0.6 is 0 Å². The Morgan fingerprint density at radius 2 is 1.10 bits per heavy atom. The molecular weight excluding hydrogens is 625 g/mol. The second-order valence-corrected chi connectivity index (χ2v) is 16.0. The first kappa shape index (κ1) is 30.4. The van der Waals surface area contributed by atoms with Gasteiger partial charge >= 0.3 is 0 Å². The molecule has 8 rings (SSSR count). The van der Waals surface area contributed by atoms with Crippen LogP contribution in [0.1, 0.15) is 11.1 Å². The summed E-state index contributed by atoms with van der Waals surface area (Å²) in [5.74, 6) is 0. The van der Waals surface area contributed by atoms with Crippen molar-refractivity contribution < 1.29 is 0 Å². The van der Waals surface area contributed by atoms with E-state index in [1.807, 2.05) is 72.8 Å². The second kappa shape index (κ2) is 12.6. The number of rotatable bonds is 6. The van der Waals surface area contributed by atoms with Crippen molar-refractivity contribution in [2.75, 3.05) is 0 Å². The van der Waals surface area contributed by atoms with Crippen molar-refractivity contribution >= 4 is 56.3 Å². The number of nitriles is 2. The summed E-state index contributed by atoms with van der Waals surface area (Å²) >= 11 is 0. The fourth-order valence-electron chi connectivity index (χ4n) is 7.48. The minimum absolute atomic E-state index is 0.494. The first-order valence-electron chi connectivity index (χ1n) is 16.3. The highest BCUT2D eigenvalue weighted by Crippen LogP contribution is 2.34. The smallest absolute Gasteiger partial charge is 0.187 e. The topological polar surface area (TPSA) is 56.9 Å². The number of hydrogen-bond acceptors (Lipinski definition) is 2. The Balaban J connectivity index is 1.38. The van der Waals surface area contributed by atoms with Crippen molar-refractivity contribution in [3.8, 4) is 29.0 Å². The molecule has 1 heterocycles. The molecule has 7 aromatic carbocycles. The molecule has 232 valence electrons. The molecular formula is C45H28N4Si. The summed E-state index contributed by atoms with van der Waals surface area (Å²) in [6.07, 6.45) is 0. The molecule has 0 radical (unpaired) electrons. The summed E-state index contributed by atoms with van der Waals surface area (Å²) in [6, 6.07) is 62.4. The quantitative estimate of drug-likeness (QED) is 0.104.